The highest BCUT2D eigenvalue weighted by molar-refractivity contribution is 14.0. The second kappa shape index (κ2) is 12.6. The lowest BCUT2D eigenvalue weighted by Crippen LogP contribution is -2.47. The van der Waals surface area contributed by atoms with Crippen molar-refractivity contribution in [3.63, 3.8) is 0 Å². The van der Waals surface area contributed by atoms with Crippen molar-refractivity contribution in [2.24, 2.45) is 10.9 Å². The molecule has 6 nitrogen and oxygen atoms in total. The first-order chi connectivity index (χ1) is 14.5. The van der Waals surface area contributed by atoms with Crippen molar-refractivity contribution in [3.05, 3.63) is 35.4 Å². The fourth-order valence-corrected chi connectivity index (χ4v) is 4.66. The number of aliphatic imine (C=N–C) groups is 1. The first-order valence-electron chi connectivity index (χ1n) is 11.5. The Morgan fingerprint density at radius 2 is 1.87 bits per heavy atom. The number of nitrogens with zero attached hydrogens (tertiary/aromatic N) is 3. The minimum Gasteiger partial charge on any atom is -0.354 e. The van der Waals surface area contributed by atoms with Gasteiger partial charge in [-0.05, 0) is 50.9 Å². The van der Waals surface area contributed by atoms with Crippen LogP contribution >= 0.6 is 24.0 Å². The van der Waals surface area contributed by atoms with Crippen LogP contribution in [0.15, 0.2) is 29.3 Å². The van der Waals surface area contributed by atoms with Crippen LogP contribution in [0.2, 0.25) is 0 Å². The van der Waals surface area contributed by atoms with Crippen LogP contribution in [0.3, 0.4) is 0 Å². The molecule has 0 bridgehead atoms. The summed E-state index contributed by atoms with van der Waals surface area (Å²) < 4.78 is 0. The van der Waals surface area contributed by atoms with Crippen LogP contribution in [0.5, 0.6) is 0 Å². The van der Waals surface area contributed by atoms with Crippen LogP contribution in [0, 0.1) is 5.92 Å². The molecule has 1 aliphatic heterocycles. The van der Waals surface area contributed by atoms with Gasteiger partial charge >= 0.3 is 0 Å². The van der Waals surface area contributed by atoms with E-state index in [4.69, 9.17) is 0 Å². The van der Waals surface area contributed by atoms with E-state index in [2.05, 4.69) is 70.7 Å². The highest BCUT2D eigenvalue weighted by Gasteiger charge is 2.32. The number of nitrogens with one attached hydrogen (secondary N) is 2. The van der Waals surface area contributed by atoms with Gasteiger partial charge in [0.15, 0.2) is 5.96 Å². The van der Waals surface area contributed by atoms with Crippen LogP contribution in [0.25, 0.3) is 0 Å². The monoisotopic (exact) mass is 541 g/mol. The molecule has 2 N–H and O–H groups in total. The van der Waals surface area contributed by atoms with Gasteiger partial charge in [-0.25, -0.2) is 0 Å². The number of carbonyl (C=O) groups excluding carboxylic acids is 1. The second-order valence-corrected chi connectivity index (χ2v) is 8.92. The Morgan fingerprint density at radius 1 is 1.19 bits per heavy atom. The van der Waals surface area contributed by atoms with E-state index in [-0.39, 0.29) is 42.0 Å². The minimum atomic E-state index is 0. The van der Waals surface area contributed by atoms with Crippen molar-refractivity contribution in [1.29, 1.82) is 0 Å². The minimum absolute atomic E-state index is 0. The van der Waals surface area contributed by atoms with Gasteiger partial charge in [0.05, 0.1) is 6.04 Å². The van der Waals surface area contributed by atoms with Crippen molar-refractivity contribution >= 4 is 35.8 Å². The number of likely N-dealkylation sites (tertiary alicyclic amines) is 1. The average Bonchev–Trinajstić information content (AvgIpc) is 3.45. The number of hydrogen-bond donors (Lipinski definition) is 2. The summed E-state index contributed by atoms with van der Waals surface area (Å²) in [6.45, 7) is 4.59. The summed E-state index contributed by atoms with van der Waals surface area (Å²) in [5.74, 6) is 1.44. The average molecular weight is 542 g/mol. The summed E-state index contributed by atoms with van der Waals surface area (Å²) >= 11 is 0. The number of amides is 1. The molecule has 174 valence electrons. The van der Waals surface area contributed by atoms with Gasteiger partial charge in [-0.1, -0.05) is 44.0 Å². The Hall–Kier alpha value is -1.35. The predicted octanol–water partition coefficient (Wildman–Crippen LogP) is 3.43. The Labute approximate surface area is 205 Å². The maximum Gasteiger partial charge on any atom is 0.225 e. The van der Waals surface area contributed by atoms with E-state index >= 15 is 0 Å². The molecule has 1 heterocycles. The fraction of sp³-hybridized carbons (Fsp3) is 0.667. The molecular weight excluding hydrogens is 501 g/mol. The third-order valence-corrected chi connectivity index (χ3v) is 6.63. The van der Waals surface area contributed by atoms with E-state index in [1.54, 1.807) is 0 Å². The number of aryl methyl sites for hydroxylation is 1. The van der Waals surface area contributed by atoms with Crippen molar-refractivity contribution in [1.82, 2.24) is 20.4 Å². The molecule has 2 aliphatic rings. The van der Waals surface area contributed by atoms with Crippen molar-refractivity contribution < 1.29 is 4.79 Å². The van der Waals surface area contributed by atoms with E-state index in [9.17, 15) is 4.79 Å². The molecule has 1 saturated carbocycles. The quantitative estimate of drug-likeness (QED) is 0.316. The maximum absolute atomic E-state index is 12.7. The topological polar surface area (TPSA) is 60.0 Å². The van der Waals surface area contributed by atoms with Gasteiger partial charge in [0.25, 0.3) is 0 Å². The van der Waals surface area contributed by atoms with Gasteiger partial charge in [0.1, 0.15) is 0 Å². The molecule has 2 unspecified atom stereocenters. The number of carbonyl (C=O) groups is 1. The van der Waals surface area contributed by atoms with Crippen molar-refractivity contribution in [2.75, 3.05) is 40.8 Å². The lowest BCUT2D eigenvalue weighted by molar-refractivity contribution is -0.134. The summed E-state index contributed by atoms with van der Waals surface area (Å²) in [6.07, 6.45) is 6.59. The van der Waals surface area contributed by atoms with Gasteiger partial charge < -0.3 is 20.4 Å². The van der Waals surface area contributed by atoms with Crippen LogP contribution in [0.1, 0.15) is 56.2 Å². The van der Waals surface area contributed by atoms with Gasteiger partial charge in [-0.3, -0.25) is 9.79 Å². The zero-order chi connectivity index (χ0) is 21.5. The molecule has 7 heteroatoms. The number of benzene rings is 1. The largest absolute Gasteiger partial charge is 0.354 e. The molecule has 2 fully saturated rings. The molecule has 2 atom stereocenters. The lowest BCUT2D eigenvalue weighted by Gasteiger charge is -2.27. The molecule has 1 saturated heterocycles. The van der Waals surface area contributed by atoms with E-state index in [1.807, 2.05) is 7.05 Å². The molecule has 1 aromatic rings. The first-order valence-corrected chi connectivity index (χ1v) is 11.5. The molecular formula is C24H40IN5O. The summed E-state index contributed by atoms with van der Waals surface area (Å²) in [4.78, 5) is 21.4. The van der Waals surface area contributed by atoms with Crippen molar-refractivity contribution in [3.8, 4) is 0 Å². The molecule has 3 rings (SSSR count). The standard InChI is InChI=1S/C24H39N5O.HI/c1-5-18-10-12-19(13-11-18)22(28(3)4)16-26-24(25-2)27-21-14-15-29(17-21)23(30)20-8-6-7-9-20;/h10-13,20-22H,5-9,14-17H2,1-4H3,(H2,25,26,27);1H. The smallest absolute Gasteiger partial charge is 0.225 e. The third-order valence-electron chi connectivity index (χ3n) is 6.63. The maximum atomic E-state index is 12.7. The lowest BCUT2D eigenvalue weighted by atomic mass is 10.0. The number of halogens is 1. The van der Waals surface area contributed by atoms with E-state index in [0.717, 1.165) is 51.3 Å². The summed E-state index contributed by atoms with van der Waals surface area (Å²) in [5.41, 5.74) is 2.66. The predicted molar refractivity (Wildman–Crippen MR) is 139 cm³/mol. The fourth-order valence-electron chi connectivity index (χ4n) is 4.66. The Kier molecular flexibility index (Phi) is 10.6. The Morgan fingerprint density at radius 3 is 2.45 bits per heavy atom. The zero-order valence-corrected chi connectivity index (χ0v) is 21.9. The van der Waals surface area contributed by atoms with Gasteiger partial charge in [0.2, 0.25) is 5.91 Å². The molecule has 1 aromatic carbocycles. The van der Waals surface area contributed by atoms with Crippen molar-refractivity contribution in [2.45, 2.75) is 57.5 Å². The second-order valence-electron chi connectivity index (χ2n) is 8.92. The summed E-state index contributed by atoms with van der Waals surface area (Å²) in [6, 6.07) is 9.41. The highest BCUT2D eigenvalue weighted by Crippen LogP contribution is 2.27. The highest BCUT2D eigenvalue weighted by atomic mass is 127. The van der Waals surface area contributed by atoms with Crippen LogP contribution in [0.4, 0.5) is 0 Å². The molecule has 1 amide bonds. The number of likely N-dealkylation sites (N-methyl/N-ethyl adjacent to an activating group) is 1. The van der Waals surface area contributed by atoms with E-state index in [1.165, 1.54) is 24.0 Å². The van der Waals surface area contributed by atoms with Crippen LogP contribution in [-0.2, 0) is 11.2 Å². The summed E-state index contributed by atoms with van der Waals surface area (Å²) in [5, 5.41) is 7.03. The van der Waals surface area contributed by atoms with Gasteiger partial charge in [-0.15, -0.1) is 24.0 Å². The number of rotatable bonds is 7. The zero-order valence-electron chi connectivity index (χ0n) is 19.6. The van der Waals surface area contributed by atoms with Crippen LogP contribution < -0.4 is 10.6 Å². The van der Waals surface area contributed by atoms with Gasteiger partial charge in [-0.2, -0.15) is 0 Å². The molecule has 1 aliphatic carbocycles. The SMILES string of the molecule is CCc1ccc(C(CNC(=NC)NC2CCN(C(=O)C3CCCC3)C2)N(C)C)cc1.I. The van der Waals surface area contributed by atoms with Gasteiger partial charge in [0, 0.05) is 38.6 Å². The van der Waals surface area contributed by atoms with E-state index in [0.29, 0.717) is 5.91 Å². The molecule has 0 aromatic heterocycles. The first kappa shape index (κ1) is 25.9. The molecule has 0 spiro atoms. The normalized spacial score (nSPS) is 20.6. The summed E-state index contributed by atoms with van der Waals surface area (Å²) in [7, 11) is 6.03. The molecule has 0 radical (unpaired) electrons. The van der Waals surface area contributed by atoms with Crippen LogP contribution in [-0.4, -0.2) is 68.5 Å². The Bertz CT molecular complexity index is 715. The number of hydrogen-bond acceptors (Lipinski definition) is 3. The Balaban J connectivity index is 0.00000341. The van der Waals surface area contributed by atoms with E-state index < -0.39 is 0 Å². The third kappa shape index (κ3) is 7.07. The molecule has 31 heavy (non-hydrogen) atoms. The number of guanidine groups is 1.